The van der Waals surface area contributed by atoms with E-state index in [1.807, 2.05) is 0 Å². The van der Waals surface area contributed by atoms with E-state index in [-0.39, 0.29) is 16.4 Å². The number of carbonyl (C=O) groups excluding carboxylic acids is 1. The molecular formula is C15H11Cl2N7O. The fourth-order valence-electron chi connectivity index (χ4n) is 2.84. The van der Waals surface area contributed by atoms with Gasteiger partial charge in [-0.15, -0.1) is 0 Å². The molecule has 0 aliphatic rings. The number of amides is 1. The highest BCUT2D eigenvalue weighted by Crippen LogP contribution is 2.38. The molecule has 0 fully saturated rings. The van der Waals surface area contributed by atoms with Gasteiger partial charge in [0.25, 0.3) is 5.91 Å². The van der Waals surface area contributed by atoms with Crippen LogP contribution in [-0.2, 0) is 0 Å². The number of hydrogen-bond acceptors (Lipinski definition) is 5. The highest BCUT2D eigenvalue weighted by atomic mass is 35.5. The summed E-state index contributed by atoms with van der Waals surface area (Å²) in [6.45, 7) is 1.72. The zero-order valence-corrected chi connectivity index (χ0v) is 14.4. The zero-order valence-electron chi connectivity index (χ0n) is 12.9. The van der Waals surface area contributed by atoms with E-state index in [9.17, 15) is 4.79 Å². The van der Waals surface area contributed by atoms with Crippen LogP contribution in [0.25, 0.3) is 22.4 Å². The van der Waals surface area contributed by atoms with Crippen molar-refractivity contribution >= 4 is 51.6 Å². The summed E-state index contributed by atoms with van der Waals surface area (Å²) < 4.78 is 3.19. The Morgan fingerprint density at radius 3 is 2.72 bits per heavy atom. The number of anilines is 1. The van der Waals surface area contributed by atoms with Crippen LogP contribution in [0.2, 0.25) is 10.0 Å². The van der Waals surface area contributed by atoms with Crippen LogP contribution >= 0.6 is 23.2 Å². The van der Waals surface area contributed by atoms with E-state index < -0.39 is 5.91 Å². The molecule has 10 heteroatoms. The SMILES string of the molecule is Cc1ncc2c(C(N)=O)c(N)n(-c3c(Cl)cn4ccnc4c3Cl)c2n1. The Morgan fingerprint density at radius 1 is 1.24 bits per heavy atom. The van der Waals surface area contributed by atoms with Crippen LogP contribution in [-0.4, -0.2) is 29.8 Å². The van der Waals surface area contributed by atoms with Crippen molar-refractivity contribution in [2.75, 3.05) is 5.73 Å². The maximum absolute atomic E-state index is 11.9. The lowest BCUT2D eigenvalue weighted by Crippen LogP contribution is -2.14. The molecule has 4 N–H and O–H groups in total. The van der Waals surface area contributed by atoms with Gasteiger partial charge in [-0.1, -0.05) is 23.2 Å². The number of fused-ring (bicyclic) bond motifs is 2. The van der Waals surface area contributed by atoms with Gasteiger partial charge in [-0.25, -0.2) is 15.0 Å². The smallest absolute Gasteiger partial charge is 0.253 e. The molecule has 0 aliphatic carbocycles. The first-order chi connectivity index (χ1) is 11.9. The van der Waals surface area contributed by atoms with Crippen molar-refractivity contribution in [3.63, 3.8) is 0 Å². The molecule has 0 saturated heterocycles. The first kappa shape index (κ1) is 15.7. The van der Waals surface area contributed by atoms with E-state index in [2.05, 4.69) is 15.0 Å². The van der Waals surface area contributed by atoms with Gasteiger partial charge in [-0.05, 0) is 6.92 Å². The Balaban J connectivity index is 2.20. The van der Waals surface area contributed by atoms with Crippen molar-refractivity contribution in [2.45, 2.75) is 6.92 Å². The predicted octanol–water partition coefficient (Wildman–Crippen LogP) is 2.36. The highest BCUT2D eigenvalue weighted by molar-refractivity contribution is 6.39. The van der Waals surface area contributed by atoms with Crippen molar-refractivity contribution in [2.24, 2.45) is 5.73 Å². The van der Waals surface area contributed by atoms with E-state index in [0.29, 0.717) is 33.2 Å². The molecule has 0 saturated carbocycles. The molecule has 0 spiro atoms. The minimum absolute atomic E-state index is 0.0853. The van der Waals surface area contributed by atoms with Crippen molar-refractivity contribution < 1.29 is 4.79 Å². The van der Waals surface area contributed by atoms with Gasteiger partial charge < -0.3 is 15.9 Å². The van der Waals surface area contributed by atoms with Gasteiger partial charge in [0.2, 0.25) is 0 Å². The second kappa shape index (κ2) is 5.33. The molecule has 0 aromatic carbocycles. The standard InChI is InChI=1S/C15H11Cl2N7O/c1-6-21-4-7-9(13(19)25)12(18)24(14(7)22-6)11-8(16)5-23-3-2-20-15(23)10(11)17/h2-5H,18H2,1H3,(H2,19,25). The molecule has 4 rings (SSSR count). The average molecular weight is 376 g/mol. The molecule has 8 nitrogen and oxygen atoms in total. The molecule has 0 unspecified atom stereocenters. The summed E-state index contributed by atoms with van der Waals surface area (Å²) in [6.07, 6.45) is 6.46. The summed E-state index contributed by atoms with van der Waals surface area (Å²) in [6, 6.07) is 0. The summed E-state index contributed by atoms with van der Waals surface area (Å²) in [5.74, 6) is -0.110. The third-order valence-corrected chi connectivity index (χ3v) is 4.51. The second-order valence-electron chi connectivity index (χ2n) is 5.41. The van der Waals surface area contributed by atoms with Gasteiger partial charge in [0.05, 0.1) is 21.7 Å². The molecule has 4 aromatic rings. The van der Waals surface area contributed by atoms with Crippen LogP contribution in [0.3, 0.4) is 0 Å². The number of imidazole rings is 1. The Hall–Kier alpha value is -2.84. The fraction of sp³-hybridized carbons (Fsp3) is 0.0667. The van der Waals surface area contributed by atoms with Crippen molar-refractivity contribution in [1.82, 2.24) is 23.9 Å². The van der Waals surface area contributed by atoms with Gasteiger partial charge in [-0.2, -0.15) is 0 Å². The first-order valence-corrected chi connectivity index (χ1v) is 7.90. The lowest BCUT2D eigenvalue weighted by Gasteiger charge is -2.13. The molecule has 0 atom stereocenters. The van der Waals surface area contributed by atoms with Gasteiger partial charge in [0.1, 0.15) is 16.7 Å². The lowest BCUT2D eigenvalue weighted by atomic mass is 10.2. The Morgan fingerprint density at radius 2 is 2.00 bits per heavy atom. The van der Waals surface area contributed by atoms with Crippen LogP contribution in [0.1, 0.15) is 16.2 Å². The molecule has 0 aliphatic heterocycles. The van der Waals surface area contributed by atoms with E-state index in [4.69, 9.17) is 34.7 Å². The number of nitrogens with zero attached hydrogens (tertiary/aromatic N) is 5. The van der Waals surface area contributed by atoms with Crippen molar-refractivity contribution in [1.29, 1.82) is 0 Å². The van der Waals surface area contributed by atoms with Gasteiger partial charge in [0.15, 0.2) is 11.3 Å². The Kier molecular flexibility index (Phi) is 3.34. The van der Waals surface area contributed by atoms with E-state index in [1.165, 1.54) is 10.8 Å². The molecule has 25 heavy (non-hydrogen) atoms. The maximum Gasteiger partial charge on any atom is 0.253 e. The summed E-state index contributed by atoms with van der Waals surface area (Å²) in [4.78, 5) is 24.6. The molecule has 1 amide bonds. The van der Waals surface area contributed by atoms with E-state index in [1.54, 1.807) is 29.9 Å². The number of aromatic nitrogens is 5. The molecular weight excluding hydrogens is 365 g/mol. The van der Waals surface area contributed by atoms with Crippen LogP contribution in [0, 0.1) is 6.92 Å². The summed E-state index contributed by atoms with van der Waals surface area (Å²) in [5, 5.41) is 1.01. The van der Waals surface area contributed by atoms with Gasteiger partial charge in [0, 0.05) is 24.8 Å². The summed E-state index contributed by atoms with van der Waals surface area (Å²) in [5.41, 5.74) is 13.1. The number of halogens is 2. The number of pyridine rings is 1. The van der Waals surface area contributed by atoms with Gasteiger partial charge in [-0.3, -0.25) is 9.36 Å². The monoisotopic (exact) mass is 375 g/mol. The number of aryl methyl sites for hydroxylation is 1. The number of hydrogen-bond donors (Lipinski definition) is 2. The average Bonchev–Trinajstić information content (AvgIpc) is 3.10. The fourth-order valence-corrected chi connectivity index (χ4v) is 3.51. The van der Waals surface area contributed by atoms with Crippen LogP contribution < -0.4 is 11.5 Å². The quantitative estimate of drug-likeness (QED) is 0.557. The van der Waals surface area contributed by atoms with Crippen LogP contribution in [0.15, 0.2) is 24.8 Å². The van der Waals surface area contributed by atoms with E-state index >= 15 is 0 Å². The largest absolute Gasteiger partial charge is 0.384 e. The number of carbonyl (C=O) groups is 1. The maximum atomic E-state index is 11.9. The predicted molar refractivity (Wildman–Crippen MR) is 95.3 cm³/mol. The van der Waals surface area contributed by atoms with Crippen LogP contribution in [0.5, 0.6) is 0 Å². The van der Waals surface area contributed by atoms with Crippen molar-refractivity contribution in [3.8, 4) is 5.69 Å². The third-order valence-electron chi connectivity index (χ3n) is 3.89. The lowest BCUT2D eigenvalue weighted by molar-refractivity contribution is 0.100. The second-order valence-corrected chi connectivity index (χ2v) is 6.20. The topological polar surface area (TPSA) is 117 Å². The molecule has 0 radical (unpaired) electrons. The Bertz CT molecular complexity index is 1180. The molecule has 0 bridgehead atoms. The normalized spacial score (nSPS) is 11.5. The first-order valence-electron chi connectivity index (χ1n) is 7.14. The minimum atomic E-state index is -0.692. The third kappa shape index (κ3) is 2.15. The summed E-state index contributed by atoms with van der Waals surface area (Å²) in [7, 11) is 0. The highest BCUT2D eigenvalue weighted by Gasteiger charge is 2.25. The minimum Gasteiger partial charge on any atom is -0.384 e. The van der Waals surface area contributed by atoms with Crippen LogP contribution in [0.4, 0.5) is 5.82 Å². The molecule has 4 heterocycles. The number of nitrogens with two attached hydrogens (primary N) is 2. The van der Waals surface area contributed by atoms with Gasteiger partial charge >= 0.3 is 0 Å². The summed E-state index contributed by atoms with van der Waals surface area (Å²) >= 11 is 13.0. The molecule has 126 valence electrons. The number of primary amides is 1. The van der Waals surface area contributed by atoms with E-state index in [0.717, 1.165) is 0 Å². The number of rotatable bonds is 2. The zero-order chi connectivity index (χ0) is 17.9. The van der Waals surface area contributed by atoms with Crippen molar-refractivity contribution in [3.05, 3.63) is 46.2 Å². The number of nitrogen functional groups attached to an aromatic ring is 1. The molecule has 4 aromatic heterocycles. The Labute approximate surface area is 151 Å².